The van der Waals surface area contributed by atoms with Gasteiger partial charge in [-0.3, -0.25) is 0 Å². The normalized spacial score (nSPS) is 10.8. The zero-order valence-corrected chi connectivity index (χ0v) is 12.0. The van der Waals surface area contributed by atoms with E-state index in [4.69, 9.17) is 11.6 Å². The SMILES string of the molecule is Fc1cc(CNCc2sccc2Br)ccc1Cl. The second-order valence-corrected chi connectivity index (χ2v) is 5.81. The van der Waals surface area contributed by atoms with E-state index < -0.39 is 0 Å². The van der Waals surface area contributed by atoms with Crippen LogP contribution in [0.1, 0.15) is 10.4 Å². The second-order valence-electron chi connectivity index (χ2n) is 3.54. The summed E-state index contributed by atoms with van der Waals surface area (Å²) in [6.07, 6.45) is 0. The molecule has 0 saturated heterocycles. The molecule has 1 heterocycles. The maximum absolute atomic E-state index is 13.2. The van der Waals surface area contributed by atoms with Crippen LogP contribution in [0.5, 0.6) is 0 Å². The van der Waals surface area contributed by atoms with E-state index in [1.165, 1.54) is 10.9 Å². The molecule has 2 rings (SSSR count). The fraction of sp³-hybridized carbons (Fsp3) is 0.167. The van der Waals surface area contributed by atoms with Crippen molar-refractivity contribution in [2.75, 3.05) is 0 Å². The number of rotatable bonds is 4. The van der Waals surface area contributed by atoms with Gasteiger partial charge in [0, 0.05) is 22.4 Å². The van der Waals surface area contributed by atoms with Gasteiger partial charge in [0.1, 0.15) is 5.82 Å². The van der Waals surface area contributed by atoms with Crippen LogP contribution in [0, 0.1) is 5.82 Å². The average molecular weight is 335 g/mol. The molecule has 5 heteroatoms. The number of hydrogen-bond donors (Lipinski definition) is 1. The van der Waals surface area contributed by atoms with Crippen molar-refractivity contribution in [1.29, 1.82) is 0 Å². The van der Waals surface area contributed by atoms with E-state index in [2.05, 4.69) is 21.2 Å². The van der Waals surface area contributed by atoms with Crippen LogP contribution >= 0.6 is 38.9 Å². The molecule has 0 aliphatic heterocycles. The quantitative estimate of drug-likeness (QED) is 0.862. The van der Waals surface area contributed by atoms with Crippen molar-refractivity contribution in [3.8, 4) is 0 Å². The summed E-state index contributed by atoms with van der Waals surface area (Å²) in [5, 5.41) is 5.45. The summed E-state index contributed by atoms with van der Waals surface area (Å²) in [6, 6.07) is 6.87. The molecule has 90 valence electrons. The van der Waals surface area contributed by atoms with E-state index >= 15 is 0 Å². The molecule has 1 nitrogen and oxygen atoms in total. The van der Waals surface area contributed by atoms with Crippen molar-refractivity contribution in [1.82, 2.24) is 5.32 Å². The van der Waals surface area contributed by atoms with Gasteiger partial charge >= 0.3 is 0 Å². The highest BCUT2D eigenvalue weighted by Gasteiger charge is 2.03. The predicted molar refractivity (Wildman–Crippen MR) is 74.0 cm³/mol. The lowest BCUT2D eigenvalue weighted by Crippen LogP contribution is -2.12. The number of thiophene rings is 1. The molecule has 0 radical (unpaired) electrons. The third kappa shape index (κ3) is 3.52. The molecule has 1 aromatic carbocycles. The van der Waals surface area contributed by atoms with Crippen molar-refractivity contribution in [3.63, 3.8) is 0 Å². The number of nitrogens with one attached hydrogen (secondary N) is 1. The Bertz CT molecular complexity index is 515. The first-order valence-corrected chi connectivity index (χ1v) is 7.08. The first-order valence-electron chi connectivity index (χ1n) is 5.03. The van der Waals surface area contributed by atoms with E-state index in [0.29, 0.717) is 6.54 Å². The summed E-state index contributed by atoms with van der Waals surface area (Å²) in [5.41, 5.74) is 0.888. The third-order valence-electron chi connectivity index (χ3n) is 2.29. The molecule has 0 spiro atoms. The minimum atomic E-state index is -0.372. The highest BCUT2D eigenvalue weighted by Crippen LogP contribution is 2.22. The van der Waals surface area contributed by atoms with Crippen molar-refractivity contribution in [2.24, 2.45) is 0 Å². The van der Waals surface area contributed by atoms with Gasteiger partial charge in [-0.25, -0.2) is 4.39 Å². The van der Waals surface area contributed by atoms with E-state index in [-0.39, 0.29) is 10.8 Å². The maximum atomic E-state index is 13.2. The van der Waals surface area contributed by atoms with Gasteiger partial charge in [-0.2, -0.15) is 0 Å². The van der Waals surface area contributed by atoms with Crippen LogP contribution in [0.15, 0.2) is 34.1 Å². The molecule has 0 unspecified atom stereocenters. The Morgan fingerprint density at radius 2 is 2.12 bits per heavy atom. The largest absolute Gasteiger partial charge is 0.308 e. The average Bonchev–Trinajstić information content (AvgIpc) is 2.70. The first kappa shape index (κ1) is 13.0. The molecular weight excluding hydrogens is 325 g/mol. The molecule has 0 amide bonds. The van der Waals surface area contributed by atoms with Crippen molar-refractivity contribution in [2.45, 2.75) is 13.1 Å². The summed E-state index contributed by atoms with van der Waals surface area (Å²) in [5.74, 6) is -0.372. The zero-order chi connectivity index (χ0) is 12.3. The molecule has 1 aromatic heterocycles. The van der Waals surface area contributed by atoms with Crippen molar-refractivity contribution >= 4 is 38.9 Å². The van der Waals surface area contributed by atoms with Crippen LogP contribution in [0.25, 0.3) is 0 Å². The lowest BCUT2D eigenvalue weighted by Gasteiger charge is -2.05. The standard InChI is InChI=1S/C12H10BrClFNS/c13-9-3-4-17-12(9)7-16-6-8-1-2-10(14)11(15)5-8/h1-5,16H,6-7H2. The van der Waals surface area contributed by atoms with Crippen LogP contribution in [0.2, 0.25) is 5.02 Å². The van der Waals surface area contributed by atoms with Gasteiger partial charge in [-0.15, -0.1) is 11.3 Å². The molecule has 2 aromatic rings. The van der Waals surface area contributed by atoms with E-state index in [1.54, 1.807) is 17.4 Å². The smallest absolute Gasteiger partial charge is 0.142 e. The lowest BCUT2D eigenvalue weighted by atomic mass is 10.2. The molecular formula is C12H10BrClFNS. The van der Waals surface area contributed by atoms with Crippen LogP contribution < -0.4 is 5.32 Å². The predicted octanol–water partition coefficient (Wildman–Crippen LogP) is 4.59. The monoisotopic (exact) mass is 333 g/mol. The number of halogens is 3. The zero-order valence-electron chi connectivity index (χ0n) is 8.84. The van der Waals surface area contributed by atoms with Gasteiger partial charge in [0.05, 0.1) is 5.02 Å². The molecule has 0 saturated carbocycles. The molecule has 0 atom stereocenters. The summed E-state index contributed by atoms with van der Waals surface area (Å²) < 4.78 is 14.3. The third-order valence-corrected chi connectivity index (χ3v) is 4.52. The van der Waals surface area contributed by atoms with E-state index in [1.807, 2.05) is 17.5 Å². The van der Waals surface area contributed by atoms with Crippen LogP contribution in [0.3, 0.4) is 0 Å². The summed E-state index contributed by atoms with van der Waals surface area (Å²) >= 11 is 10.8. The Balaban J connectivity index is 1.90. The lowest BCUT2D eigenvalue weighted by molar-refractivity contribution is 0.621. The number of benzene rings is 1. The fourth-order valence-electron chi connectivity index (χ4n) is 1.42. The van der Waals surface area contributed by atoms with E-state index in [9.17, 15) is 4.39 Å². The minimum Gasteiger partial charge on any atom is -0.308 e. The van der Waals surface area contributed by atoms with Crippen LogP contribution in [-0.4, -0.2) is 0 Å². The summed E-state index contributed by atoms with van der Waals surface area (Å²) in [7, 11) is 0. The van der Waals surface area contributed by atoms with Gasteiger partial charge in [0.2, 0.25) is 0 Å². The van der Waals surface area contributed by atoms with Gasteiger partial charge in [-0.1, -0.05) is 17.7 Å². The highest BCUT2D eigenvalue weighted by molar-refractivity contribution is 9.10. The fourth-order valence-corrected chi connectivity index (χ4v) is 3.00. The number of hydrogen-bond acceptors (Lipinski definition) is 2. The molecule has 0 aliphatic carbocycles. The Hall–Kier alpha value is -0.420. The Labute approximate surface area is 117 Å². The minimum absolute atomic E-state index is 0.162. The Morgan fingerprint density at radius 3 is 2.76 bits per heavy atom. The van der Waals surface area contributed by atoms with Crippen molar-refractivity contribution < 1.29 is 4.39 Å². The maximum Gasteiger partial charge on any atom is 0.142 e. The summed E-state index contributed by atoms with van der Waals surface area (Å²) in [4.78, 5) is 1.24. The van der Waals surface area contributed by atoms with Gasteiger partial charge < -0.3 is 5.32 Å². The molecule has 1 N–H and O–H groups in total. The summed E-state index contributed by atoms with van der Waals surface area (Å²) in [6.45, 7) is 1.39. The topological polar surface area (TPSA) is 12.0 Å². The second kappa shape index (κ2) is 5.96. The van der Waals surface area contributed by atoms with Gasteiger partial charge in [-0.05, 0) is 45.1 Å². The molecule has 0 bridgehead atoms. The van der Waals surface area contributed by atoms with Crippen LogP contribution in [0.4, 0.5) is 4.39 Å². The van der Waals surface area contributed by atoms with E-state index in [0.717, 1.165) is 16.6 Å². The molecule has 17 heavy (non-hydrogen) atoms. The Morgan fingerprint density at radius 1 is 1.29 bits per heavy atom. The van der Waals surface area contributed by atoms with Gasteiger partial charge in [0.15, 0.2) is 0 Å². The Kier molecular flexibility index (Phi) is 4.56. The molecule has 0 aliphatic rings. The highest BCUT2D eigenvalue weighted by atomic mass is 79.9. The van der Waals surface area contributed by atoms with Crippen molar-refractivity contribution in [3.05, 3.63) is 55.4 Å². The van der Waals surface area contributed by atoms with Gasteiger partial charge in [0.25, 0.3) is 0 Å². The first-order chi connectivity index (χ1) is 8.16. The van der Waals surface area contributed by atoms with Crippen LogP contribution in [-0.2, 0) is 13.1 Å². The molecule has 0 fully saturated rings.